The fraction of sp³-hybridized carbons (Fsp3) is 0.222. The SMILES string of the molecule is CC(C)(C)c1ccc(O)c(/C=N/NC(=O)c2ccccc2O)c1. The molecule has 23 heavy (non-hydrogen) atoms. The lowest BCUT2D eigenvalue weighted by molar-refractivity contribution is 0.0952. The average Bonchev–Trinajstić information content (AvgIpc) is 2.48. The zero-order valence-electron chi connectivity index (χ0n) is 13.4. The number of hydrazone groups is 1. The first-order valence-corrected chi connectivity index (χ1v) is 7.24. The van der Waals surface area contributed by atoms with Crippen molar-refractivity contribution in [3.05, 3.63) is 59.2 Å². The summed E-state index contributed by atoms with van der Waals surface area (Å²) in [5.41, 5.74) is 3.96. The summed E-state index contributed by atoms with van der Waals surface area (Å²) in [7, 11) is 0. The average molecular weight is 312 g/mol. The lowest BCUT2D eigenvalue weighted by atomic mass is 9.86. The van der Waals surface area contributed by atoms with Gasteiger partial charge in [0.05, 0.1) is 11.8 Å². The minimum Gasteiger partial charge on any atom is -0.507 e. The first kappa shape index (κ1) is 16.5. The van der Waals surface area contributed by atoms with E-state index < -0.39 is 5.91 Å². The van der Waals surface area contributed by atoms with Crippen LogP contribution in [0.5, 0.6) is 11.5 Å². The second-order valence-electron chi connectivity index (χ2n) is 6.24. The molecular weight excluding hydrogens is 292 g/mol. The van der Waals surface area contributed by atoms with Crippen molar-refractivity contribution in [3.8, 4) is 11.5 Å². The van der Waals surface area contributed by atoms with Crippen LogP contribution in [0.1, 0.15) is 42.3 Å². The molecule has 2 aromatic rings. The van der Waals surface area contributed by atoms with E-state index in [-0.39, 0.29) is 22.5 Å². The van der Waals surface area contributed by atoms with Crippen LogP contribution in [0.2, 0.25) is 0 Å². The van der Waals surface area contributed by atoms with Gasteiger partial charge in [-0.25, -0.2) is 5.43 Å². The Morgan fingerprint density at radius 2 is 1.78 bits per heavy atom. The predicted molar refractivity (Wildman–Crippen MR) is 90.0 cm³/mol. The van der Waals surface area contributed by atoms with E-state index in [1.807, 2.05) is 12.1 Å². The summed E-state index contributed by atoms with van der Waals surface area (Å²) in [5, 5.41) is 23.3. The number of amides is 1. The van der Waals surface area contributed by atoms with Gasteiger partial charge in [-0.15, -0.1) is 0 Å². The third kappa shape index (κ3) is 4.10. The number of nitrogens with one attached hydrogen (secondary N) is 1. The number of phenols is 2. The van der Waals surface area contributed by atoms with Crippen molar-refractivity contribution >= 4 is 12.1 Å². The predicted octanol–water partition coefficient (Wildman–Crippen LogP) is 3.16. The van der Waals surface area contributed by atoms with Gasteiger partial charge >= 0.3 is 0 Å². The molecule has 0 bridgehead atoms. The van der Waals surface area contributed by atoms with Crippen LogP contribution >= 0.6 is 0 Å². The van der Waals surface area contributed by atoms with Gasteiger partial charge in [0.2, 0.25) is 0 Å². The number of para-hydroxylation sites is 1. The number of aromatic hydroxyl groups is 2. The summed E-state index contributed by atoms with van der Waals surface area (Å²) in [5.74, 6) is -0.554. The smallest absolute Gasteiger partial charge is 0.275 e. The molecule has 0 atom stereocenters. The molecule has 0 heterocycles. The molecule has 0 aliphatic carbocycles. The number of hydrogen-bond donors (Lipinski definition) is 3. The molecule has 1 amide bonds. The number of hydrogen-bond acceptors (Lipinski definition) is 4. The van der Waals surface area contributed by atoms with Crippen molar-refractivity contribution in [3.63, 3.8) is 0 Å². The van der Waals surface area contributed by atoms with Crippen LogP contribution < -0.4 is 5.43 Å². The molecule has 0 radical (unpaired) electrons. The molecule has 2 rings (SSSR count). The summed E-state index contributed by atoms with van der Waals surface area (Å²) < 4.78 is 0. The highest BCUT2D eigenvalue weighted by atomic mass is 16.3. The highest BCUT2D eigenvalue weighted by molar-refractivity contribution is 5.97. The Bertz CT molecular complexity index is 746. The topological polar surface area (TPSA) is 81.9 Å². The molecule has 0 aliphatic rings. The van der Waals surface area contributed by atoms with Crippen molar-refractivity contribution in [1.82, 2.24) is 5.43 Å². The maximum absolute atomic E-state index is 11.9. The lowest BCUT2D eigenvalue weighted by Gasteiger charge is -2.19. The third-order valence-corrected chi connectivity index (χ3v) is 3.41. The molecule has 3 N–H and O–H groups in total. The standard InChI is InChI=1S/C18H20N2O3/c1-18(2,3)13-8-9-15(21)12(10-13)11-19-20-17(23)14-6-4-5-7-16(14)22/h4-11,21-22H,1-3H3,(H,20,23)/b19-11+. The van der Waals surface area contributed by atoms with Crippen molar-refractivity contribution in [2.24, 2.45) is 5.10 Å². The van der Waals surface area contributed by atoms with Crippen molar-refractivity contribution in [1.29, 1.82) is 0 Å². The fourth-order valence-corrected chi connectivity index (χ4v) is 2.01. The zero-order chi connectivity index (χ0) is 17.0. The monoisotopic (exact) mass is 312 g/mol. The Balaban J connectivity index is 2.15. The van der Waals surface area contributed by atoms with Gasteiger partial charge < -0.3 is 10.2 Å². The molecule has 0 spiro atoms. The maximum atomic E-state index is 11.9. The van der Waals surface area contributed by atoms with Gasteiger partial charge in [-0.2, -0.15) is 5.10 Å². The minimum absolute atomic E-state index is 0.0602. The van der Waals surface area contributed by atoms with E-state index in [2.05, 4.69) is 31.3 Å². The van der Waals surface area contributed by atoms with E-state index in [0.717, 1.165) is 5.56 Å². The molecule has 0 aromatic heterocycles. The quantitative estimate of drug-likeness (QED) is 0.601. The number of phenolic OH excluding ortho intramolecular Hbond substituents is 2. The molecule has 120 valence electrons. The van der Waals surface area contributed by atoms with E-state index >= 15 is 0 Å². The second kappa shape index (κ2) is 6.52. The summed E-state index contributed by atoms with van der Waals surface area (Å²) in [4.78, 5) is 11.9. The molecule has 0 saturated carbocycles. The van der Waals surface area contributed by atoms with Crippen molar-refractivity contribution in [2.45, 2.75) is 26.2 Å². The number of carbonyl (C=O) groups excluding carboxylic acids is 1. The summed E-state index contributed by atoms with van der Waals surface area (Å²) >= 11 is 0. The Kier molecular flexibility index (Phi) is 4.69. The molecule has 0 saturated heterocycles. The first-order valence-electron chi connectivity index (χ1n) is 7.24. The fourth-order valence-electron chi connectivity index (χ4n) is 2.01. The second-order valence-corrected chi connectivity index (χ2v) is 6.24. The van der Waals surface area contributed by atoms with Gasteiger partial charge in [-0.05, 0) is 35.2 Å². The van der Waals surface area contributed by atoms with E-state index in [1.165, 1.54) is 18.3 Å². The number of benzene rings is 2. The van der Waals surface area contributed by atoms with Gasteiger partial charge in [-0.1, -0.05) is 39.0 Å². The Hall–Kier alpha value is -2.82. The molecule has 5 nitrogen and oxygen atoms in total. The normalized spacial score (nSPS) is 11.6. The molecule has 0 unspecified atom stereocenters. The van der Waals surface area contributed by atoms with Crippen LogP contribution in [0.25, 0.3) is 0 Å². The highest BCUT2D eigenvalue weighted by Gasteiger charge is 2.15. The molecular formula is C18H20N2O3. The van der Waals surface area contributed by atoms with E-state index in [1.54, 1.807) is 18.2 Å². The largest absolute Gasteiger partial charge is 0.507 e. The number of rotatable bonds is 3. The van der Waals surface area contributed by atoms with Gasteiger partial charge in [0.1, 0.15) is 11.5 Å². The summed E-state index contributed by atoms with van der Waals surface area (Å²) in [6, 6.07) is 11.5. The maximum Gasteiger partial charge on any atom is 0.275 e. The van der Waals surface area contributed by atoms with Gasteiger partial charge in [0, 0.05) is 5.56 Å². The summed E-state index contributed by atoms with van der Waals surface area (Å²) in [6.45, 7) is 6.21. The lowest BCUT2D eigenvalue weighted by Crippen LogP contribution is -2.17. The van der Waals surface area contributed by atoms with Crippen LogP contribution in [0, 0.1) is 0 Å². The zero-order valence-corrected chi connectivity index (χ0v) is 13.4. The molecule has 2 aromatic carbocycles. The van der Waals surface area contributed by atoms with E-state index in [0.29, 0.717) is 5.56 Å². The first-order chi connectivity index (χ1) is 10.8. The minimum atomic E-state index is -0.522. The number of nitrogens with zero attached hydrogens (tertiary/aromatic N) is 1. The molecule has 0 fully saturated rings. The molecule has 5 heteroatoms. The van der Waals surface area contributed by atoms with E-state index in [4.69, 9.17) is 0 Å². The van der Waals surface area contributed by atoms with Crippen LogP contribution in [0.15, 0.2) is 47.6 Å². The van der Waals surface area contributed by atoms with Gasteiger partial charge in [0.15, 0.2) is 0 Å². The Morgan fingerprint density at radius 1 is 1.09 bits per heavy atom. The Morgan fingerprint density at radius 3 is 2.43 bits per heavy atom. The molecule has 0 aliphatic heterocycles. The van der Waals surface area contributed by atoms with Crippen molar-refractivity contribution in [2.75, 3.05) is 0 Å². The Labute approximate surface area is 135 Å². The van der Waals surface area contributed by atoms with Crippen molar-refractivity contribution < 1.29 is 15.0 Å². The summed E-state index contributed by atoms with van der Waals surface area (Å²) in [6.07, 6.45) is 1.38. The number of carbonyl (C=O) groups is 1. The van der Waals surface area contributed by atoms with Crippen LogP contribution in [0.4, 0.5) is 0 Å². The van der Waals surface area contributed by atoms with Gasteiger partial charge in [0.25, 0.3) is 5.91 Å². The van der Waals surface area contributed by atoms with E-state index in [9.17, 15) is 15.0 Å². The van der Waals surface area contributed by atoms with Crippen LogP contribution in [0.3, 0.4) is 0 Å². The third-order valence-electron chi connectivity index (χ3n) is 3.41. The van der Waals surface area contributed by atoms with Crippen LogP contribution in [-0.2, 0) is 5.41 Å². The van der Waals surface area contributed by atoms with Gasteiger partial charge in [-0.3, -0.25) is 4.79 Å². The highest BCUT2D eigenvalue weighted by Crippen LogP contribution is 2.26. The van der Waals surface area contributed by atoms with Crippen LogP contribution in [-0.4, -0.2) is 22.3 Å².